The molecule has 0 fully saturated rings. The molecule has 0 saturated heterocycles. The first-order valence-corrected chi connectivity index (χ1v) is 6.19. The number of aromatic nitrogens is 2. The van der Waals surface area contributed by atoms with E-state index in [1.807, 2.05) is 5.38 Å². The van der Waals surface area contributed by atoms with Crippen LogP contribution < -0.4 is 0 Å². The summed E-state index contributed by atoms with van der Waals surface area (Å²) < 4.78 is 0. The van der Waals surface area contributed by atoms with E-state index in [4.69, 9.17) is 34.8 Å². The highest BCUT2D eigenvalue weighted by atomic mass is 35.5. The summed E-state index contributed by atoms with van der Waals surface area (Å²) in [5, 5.41) is 3.65. The average Bonchev–Trinajstić information content (AvgIpc) is 2.66. The van der Waals surface area contributed by atoms with E-state index in [1.54, 1.807) is 12.3 Å². The van der Waals surface area contributed by atoms with Crippen molar-refractivity contribution < 1.29 is 0 Å². The average molecular weight is 280 g/mol. The van der Waals surface area contributed by atoms with Crippen LogP contribution in [0.3, 0.4) is 0 Å². The molecule has 0 amide bonds. The second-order valence-corrected chi connectivity index (χ2v) is 4.73. The van der Waals surface area contributed by atoms with Crippen molar-refractivity contribution in [2.75, 3.05) is 0 Å². The molecule has 6 heteroatoms. The third-order valence-corrected chi connectivity index (χ3v) is 3.37. The molecule has 0 aromatic carbocycles. The van der Waals surface area contributed by atoms with Gasteiger partial charge in [0, 0.05) is 11.6 Å². The summed E-state index contributed by atoms with van der Waals surface area (Å²) in [5.74, 6) is 0.391. The predicted octanol–water partition coefficient (Wildman–Crippen LogP) is 4.25. The van der Waals surface area contributed by atoms with E-state index in [2.05, 4.69) is 9.97 Å². The maximum Gasteiger partial charge on any atom is 0.143 e. The lowest BCUT2D eigenvalue weighted by atomic mass is 10.3. The van der Waals surface area contributed by atoms with Crippen LogP contribution in [0.25, 0.3) is 10.7 Å². The number of halogens is 3. The zero-order valence-corrected chi connectivity index (χ0v) is 10.5. The van der Waals surface area contributed by atoms with Gasteiger partial charge in [0.05, 0.1) is 21.6 Å². The molecule has 0 aliphatic heterocycles. The maximum atomic E-state index is 6.00. The summed E-state index contributed by atoms with van der Waals surface area (Å²) in [7, 11) is 0. The Morgan fingerprint density at radius 1 is 1.33 bits per heavy atom. The van der Waals surface area contributed by atoms with E-state index in [-0.39, 0.29) is 0 Å². The van der Waals surface area contributed by atoms with E-state index in [1.165, 1.54) is 11.3 Å². The van der Waals surface area contributed by atoms with Crippen LogP contribution in [0.1, 0.15) is 5.69 Å². The molecule has 2 aromatic heterocycles. The van der Waals surface area contributed by atoms with Crippen molar-refractivity contribution in [2.45, 2.75) is 5.88 Å². The molecule has 2 aromatic rings. The molecule has 78 valence electrons. The highest BCUT2D eigenvalue weighted by Gasteiger charge is 2.10. The fourth-order valence-electron chi connectivity index (χ4n) is 1.05. The van der Waals surface area contributed by atoms with E-state index >= 15 is 0 Å². The second kappa shape index (κ2) is 4.66. The molecule has 0 radical (unpaired) electrons. The minimum atomic E-state index is 0.391. The normalized spacial score (nSPS) is 10.6. The van der Waals surface area contributed by atoms with Gasteiger partial charge >= 0.3 is 0 Å². The smallest absolute Gasteiger partial charge is 0.143 e. The van der Waals surface area contributed by atoms with Crippen molar-refractivity contribution in [1.29, 1.82) is 0 Å². The van der Waals surface area contributed by atoms with Gasteiger partial charge in [-0.05, 0) is 6.07 Å². The zero-order chi connectivity index (χ0) is 10.8. The Bertz CT molecular complexity index is 484. The summed E-state index contributed by atoms with van der Waals surface area (Å²) in [6, 6.07) is 1.65. The number of hydrogen-bond donors (Lipinski definition) is 0. The van der Waals surface area contributed by atoms with Gasteiger partial charge in [-0.1, -0.05) is 23.2 Å². The third-order valence-electron chi connectivity index (χ3n) is 1.70. The lowest BCUT2D eigenvalue weighted by Crippen LogP contribution is -1.85. The fourth-order valence-corrected chi connectivity index (χ4v) is 2.63. The van der Waals surface area contributed by atoms with Crippen molar-refractivity contribution in [2.24, 2.45) is 0 Å². The monoisotopic (exact) mass is 278 g/mol. The molecule has 2 rings (SSSR count). The molecule has 0 spiro atoms. The summed E-state index contributed by atoms with van der Waals surface area (Å²) in [6.07, 6.45) is 1.55. The number of nitrogens with zero attached hydrogens (tertiary/aromatic N) is 2. The van der Waals surface area contributed by atoms with E-state index in [0.717, 1.165) is 10.7 Å². The molecule has 0 aliphatic carbocycles. The van der Waals surface area contributed by atoms with Gasteiger partial charge < -0.3 is 0 Å². The topological polar surface area (TPSA) is 25.8 Å². The number of pyridine rings is 1. The minimum absolute atomic E-state index is 0.391. The molecule has 0 saturated carbocycles. The Kier molecular flexibility index (Phi) is 3.46. The number of thiazole rings is 1. The van der Waals surface area contributed by atoms with Crippen molar-refractivity contribution in [3.8, 4) is 10.7 Å². The van der Waals surface area contributed by atoms with Crippen molar-refractivity contribution >= 4 is 46.1 Å². The molecule has 2 nitrogen and oxygen atoms in total. The van der Waals surface area contributed by atoms with Gasteiger partial charge in [0.2, 0.25) is 0 Å². The fraction of sp³-hybridized carbons (Fsp3) is 0.111. The van der Waals surface area contributed by atoms with Crippen LogP contribution in [-0.2, 0) is 5.88 Å². The number of alkyl halides is 1. The lowest BCUT2D eigenvalue weighted by Gasteiger charge is -1.98. The van der Waals surface area contributed by atoms with E-state index in [0.29, 0.717) is 21.6 Å². The Labute approximate surface area is 106 Å². The molecule has 0 unspecified atom stereocenters. The number of hydrogen-bond acceptors (Lipinski definition) is 3. The van der Waals surface area contributed by atoms with Gasteiger partial charge in [0.25, 0.3) is 0 Å². The summed E-state index contributed by atoms with van der Waals surface area (Å²) in [5.41, 5.74) is 1.46. The van der Waals surface area contributed by atoms with Crippen LogP contribution in [0.5, 0.6) is 0 Å². The Morgan fingerprint density at radius 2 is 2.13 bits per heavy atom. The number of rotatable bonds is 2. The Morgan fingerprint density at radius 3 is 2.73 bits per heavy atom. The van der Waals surface area contributed by atoms with Crippen LogP contribution >= 0.6 is 46.1 Å². The molecular formula is C9H5Cl3N2S. The van der Waals surface area contributed by atoms with Gasteiger partial charge in [0.1, 0.15) is 10.7 Å². The molecule has 0 bridgehead atoms. The first-order chi connectivity index (χ1) is 7.20. The highest BCUT2D eigenvalue weighted by Crippen LogP contribution is 2.30. The van der Waals surface area contributed by atoms with Crippen LogP contribution in [0, 0.1) is 0 Å². The third kappa shape index (κ3) is 2.42. The van der Waals surface area contributed by atoms with Crippen molar-refractivity contribution in [3.05, 3.63) is 33.4 Å². The standard InChI is InChI=1S/C9H5Cl3N2S/c10-2-6-4-15-9(14-6)8-7(12)1-5(11)3-13-8/h1,3-4H,2H2. The van der Waals surface area contributed by atoms with Crippen molar-refractivity contribution in [3.63, 3.8) is 0 Å². The van der Waals surface area contributed by atoms with Gasteiger partial charge in [-0.25, -0.2) is 4.98 Å². The molecule has 0 atom stereocenters. The van der Waals surface area contributed by atoms with Gasteiger partial charge in [-0.2, -0.15) is 0 Å². The Hall–Kier alpha value is -0.350. The van der Waals surface area contributed by atoms with Crippen molar-refractivity contribution in [1.82, 2.24) is 9.97 Å². The Balaban J connectivity index is 2.44. The van der Waals surface area contributed by atoms with Gasteiger partial charge in [-0.3, -0.25) is 4.98 Å². The van der Waals surface area contributed by atoms with Gasteiger partial charge in [-0.15, -0.1) is 22.9 Å². The molecule has 2 heterocycles. The van der Waals surface area contributed by atoms with Crippen LogP contribution in [0.4, 0.5) is 0 Å². The highest BCUT2D eigenvalue weighted by molar-refractivity contribution is 7.13. The quantitative estimate of drug-likeness (QED) is 0.768. The summed E-state index contributed by atoms with van der Waals surface area (Å²) in [4.78, 5) is 8.42. The molecular weight excluding hydrogens is 275 g/mol. The summed E-state index contributed by atoms with van der Waals surface area (Å²) in [6.45, 7) is 0. The van der Waals surface area contributed by atoms with E-state index < -0.39 is 0 Å². The maximum absolute atomic E-state index is 6.00. The van der Waals surface area contributed by atoms with Crippen LogP contribution in [0.2, 0.25) is 10.0 Å². The van der Waals surface area contributed by atoms with Crippen LogP contribution in [0.15, 0.2) is 17.6 Å². The molecule has 15 heavy (non-hydrogen) atoms. The molecule has 0 aliphatic rings. The SMILES string of the molecule is ClCc1csc(-c2ncc(Cl)cc2Cl)n1. The summed E-state index contributed by atoms with van der Waals surface area (Å²) >= 11 is 18.9. The predicted molar refractivity (Wildman–Crippen MR) is 64.9 cm³/mol. The zero-order valence-electron chi connectivity index (χ0n) is 7.38. The minimum Gasteiger partial charge on any atom is -0.251 e. The van der Waals surface area contributed by atoms with E-state index in [9.17, 15) is 0 Å². The lowest BCUT2D eigenvalue weighted by molar-refractivity contribution is 1.21. The first kappa shape index (κ1) is 11.1. The second-order valence-electron chi connectivity index (χ2n) is 2.76. The van der Waals surface area contributed by atoms with Gasteiger partial charge in [0.15, 0.2) is 0 Å². The molecule has 0 N–H and O–H groups in total. The van der Waals surface area contributed by atoms with Crippen LogP contribution in [-0.4, -0.2) is 9.97 Å². The largest absolute Gasteiger partial charge is 0.251 e. The first-order valence-electron chi connectivity index (χ1n) is 4.02.